The lowest BCUT2D eigenvalue weighted by molar-refractivity contribution is -0.173. The zero-order valence-electron chi connectivity index (χ0n) is 13.5. The van der Waals surface area contributed by atoms with Crippen LogP contribution in [0.25, 0.3) is 0 Å². The van der Waals surface area contributed by atoms with Crippen molar-refractivity contribution in [3.8, 4) is 11.5 Å². The summed E-state index contributed by atoms with van der Waals surface area (Å²) in [6.07, 6.45) is -3.07. The quantitative estimate of drug-likeness (QED) is 0.921. The molecule has 130 valence electrons. The number of hydrogen-bond acceptors (Lipinski definition) is 4. The highest BCUT2D eigenvalue weighted by molar-refractivity contribution is 5.50. The number of aryl methyl sites for hydroxylation is 1. The summed E-state index contributed by atoms with van der Waals surface area (Å²) >= 11 is 0. The van der Waals surface area contributed by atoms with Crippen LogP contribution in [0.2, 0.25) is 0 Å². The van der Waals surface area contributed by atoms with Crippen LogP contribution in [0.5, 0.6) is 11.5 Å². The molecule has 1 aromatic carbocycles. The molecule has 24 heavy (non-hydrogen) atoms. The number of nitrogens with one attached hydrogen (secondary N) is 1. The number of methoxy groups -OCH3 is 2. The fourth-order valence-corrected chi connectivity index (χ4v) is 2.97. The third-order valence-electron chi connectivity index (χ3n) is 4.23. The van der Waals surface area contributed by atoms with E-state index in [4.69, 9.17) is 9.47 Å². The van der Waals surface area contributed by atoms with Crippen LogP contribution >= 0.6 is 0 Å². The molecule has 0 radical (unpaired) electrons. The van der Waals surface area contributed by atoms with E-state index < -0.39 is 18.3 Å². The second-order valence-electron chi connectivity index (χ2n) is 5.73. The third-order valence-corrected chi connectivity index (χ3v) is 4.23. The van der Waals surface area contributed by atoms with Gasteiger partial charge >= 0.3 is 6.18 Å². The minimum atomic E-state index is -4.37. The van der Waals surface area contributed by atoms with E-state index in [0.717, 1.165) is 4.68 Å². The van der Waals surface area contributed by atoms with Gasteiger partial charge in [0.1, 0.15) is 5.82 Å². The summed E-state index contributed by atoms with van der Waals surface area (Å²) in [6, 6.07) is 2.97. The maximum absolute atomic E-state index is 13.4. The summed E-state index contributed by atoms with van der Waals surface area (Å²) in [5, 5.41) is 7.04. The van der Waals surface area contributed by atoms with E-state index >= 15 is 0 Å². The number of hydrogen-bond donors (Lipinski definition) is 1. The Morgan fingerprint density at radius 3 is 2.54 bits per heavy atom. The van der Waals surface area contributed by atoms with Gasteiger partial charge in [0.2, 0.25) is 0 Å². The van der Waals surface area contributed by atoms with Gasteiger partial charge in [-0.05, 0) is 24.6 Å². The lowest BCUT2D eigenvalue weighted by Crippen LogP contribution is -2.35. The molecule has 8 heteroatoms. The molecule has 2 heterocycles. The predicted molar refractivity (Wildman–Crippen MR) is 82.6 cm³/mol. The van der Waals surface area contributed by atoms with Gasteiger partial charge < -0.3 is 14.8 Å². The van der Waals surface area contributed by atoms with E-state index in [9.17, 15) is 13.2 Å². The van der Waals surface area contributed by atoms with Gasteiger partial charge in [0.25, 0.3) is 0 Å². The van der Waals surface area contributed by atoms with E-state index in [1.54, 1.807) is 25.1 Å². The minimum absolute atomic E-state index is 0.146. The number of nitrogens with zero attached hydrogens (tertiary/aromatic N) is 2. The number of rotatable bonds is 3. The first-order valence-corrected chi connectivity index (χ1v) is 7.44. The maximum atomic E-state index is 13.4. The molecular formula is C16H18F3N3O2. The molecule has 1 aromatic heterocycles. The van der Waals surface area contributed by atoms with Crippen molar-refractivity contribution in [2.45, 2.75) is 31.6 Å². The molecule has 1 aliphatic heterocycles. The summed E-state index contributed by atoms with van der Waals surface area (Å²) in [6.45, 7) is 1.73. The highest BCUT2D eigenvalue weighted by atomic mass is 19.4. The largest absolute Gasteiger partial charge is 0.493 e. The van der Waals surface area contributed by atoms with Crippen LogP contribution in [-0.4, -0.2) is 30.2 Å². The van der Waals surface area contributed by atoms with Crippen LogP contribution in [0.3, 0.4) is 0 Å². The van der Waals surface area contributed by atoms with E-state index in [1.807, 2.05) is 0 Å². The Labute approximate surface area is 137 Å². The van der Waals surface area contributed by atoms with Crippen LogP contribution < -0.4 is 14.8 Å². The topological polar surface area (TPSA) is 48.3 Å². The number of halogens is 3. The molecule has 5 nitrogen and oxygen atoms in total. The molecule has 1 N–H and O–H groups in total. The van der Waals surface area contributed by atoms with Gasteiger partial charge in [-0.15, -0.1) is 0 Å². The lowest BCUT2D eigenvalue weighted by Gasteiger charge is -2.34. The fourth-order valence-electron chi connectivity index (χ4n) is 2.97. The molecule has 0 amide bonds. The Balaban J connectivity index is 2.00. The zero-order valence-corrected chi connectivity index (χ0v) is 13.5. The molecule has 0 bridgehead atoms. The normalized spacial score (nSPS) is 20.2. The number of benzene rings is 1. The molecule has 0 aliphatic carbocycles. The molecule has 2 atom stereocenters. The monoisotopic (exact) mass is 341 g/mol. The second-order valence-corrected chi connectivity index (χ2v) is 5.73. The van der Waals surface area contributed by atoms with Crippen LogP contribution in [0.1, 0.15) is 29.6 Å². The van der Waals surface area contributed by atoms with Gasteiger partial charge in [-0.25, -0.2) is 4.68 Å². The van der Waals surface area contributed by atoms with E-state index in [2.05, 4.69) is 10.4 Å². The molecule has 1 aliphatic rings. The van der Waals surface area contributed by atoms with Crippen LogP contribution in [0.4, 0.5) is 19.0 Å². The Morgan fingerprint density at radius 2 is 1.92 bits per heavy atom. The number of anilines is 1. The summed E-state index contributed by atoms with van der Waals surface area (Å²) < 4.78 is 51.8. The molecule has 0 saturated carbocycles. The van der Waals surface area contributed by atoms with Crippen molar-refractivity contribution in [1.82, 2.24) is 9.78 Å². The average Bonchev–Trinajstić information content (AvgIpc) is 2.93. The van der Waals surface area contributed by atoms with E-state index in [-0.39, 0.29) is 6.42 Å². The first-order chi connectivity index (χ1) is 11.3. The number of ether oxygens (including phenoxy) is 2. The standard InChI is InChI=1S/C16H18F3N3O2/c1-9-8-20-22-14(16(17,18)19)7-11(21-15(9)22)10-4-5-12(23-2)13(6-10)24-3/h4-6,8,11,14,21H,7H2,1-3H3. The van der Waals surface area contributed by atoms with E-state index in [0.29, 0.717) is 28.4 Å². The van der Waals surface area contributed by atoms with Gasteiger partial charge in [-0.2, -0.15) is 18.3 Å². The van der Waals surface area contributed by atoms with Crippen molar-refractivity contribution in [2.24, 2.45) is 0 Å². The Hall–Kier alpha value is -2.38. The van der Waals surface area contributed by atoms with Gasteiger partial charge in [0.15, 0.2) is 17.5 Å². The molecule has 2 unspecified atom stereocenters. The van der Waals surface area contributed by atoms with Crippen molar-refractivity contribution >= 4 is 5.82 Å². The highest BCUT2D eigenvalue weighted by Crippen LogP contribution is 2.45. The van der Waals surface area contributed by atoms with Gasteiger partial charge in [0.05, 0.1) is 26.5 Å². The Bertz CT molecular complexity index is 743. The molecule has 3 rings (SSSR count). The van der Waals surface area contributed by atoms with Crippen LogP contribution in [0.15, 0.2) is 24.4 Å². The molecule has 0 saturated heterocycles. The first-order valence-electron chi connectivity index (χ1n) is 7.44. The first kappa shape index (κ1) is 16.5. The van der Waals surface area contributed by atoms with Crippen molar-refractivity contribution in [2.75, 3.05) is 19.5 Å². The summed E-state index contributed by atoms with van der Waals surface area (Å²) in [5.41, 5.74) is 1.38. The predicted octanol–water partition coefficient (Wildman–Crippen LogP) is 3.87. The number of fused-ring (bicyclic) bond motifs is 1. The van der Waals surface area contributed by atoms with Crippen molar-refractivity contribution in [3.63, 3.8) is 0 Å². The van der Waals surface area contributed by atoms with Crippen molar-refractivity contribution in [1.29, 1.82) is 0 Å². The average molecular weight is 341 g/mol. The van der Waals surface area contributed by atoms with Crippen molar-refractivity contribution < 1.29 is 22.6 Å². The molecule has 2 aromatic rings. The summed E-state index contributed by atoms with van der Waals surface area (Å²) in [7, 11) is 3.01. The summed E-state index contributed by atoms with van der Waals surface area (Å²) in [4.78, 5) is 0. The third kappa shape index (κ3) is 2.76. The Kier molecular flexibility index (Phi) is 4.06. The van der Waals surface area contributed by atoms with E-state index in [1.165, 1.54) is 20.4 Å². The highest BCUT2D eigenvalue weighted by Gasteiger charge is 2.46. The smallest absolute Gasteiger partial charge is 0.410 e. The Morgan fingerprint density at radius 1 is 1.21 bits per heavy atom. The summed E-state index contributed by atoms with van der Waals surface area (Å²) in [5.74, 6) is 1.41. The molecular weight excluding hydrogens is 323 g/mol. The second kappa shape index (κ2) is 5.92. The van der Waals surface area contributed by atoms with Gasteiger partial charge in [-0.1, -0.05) is 6.07 Å². The van der Waals surface area contributed by atoms with Crippen LogP contribution in [-0.2, 0) is 0 Å². The molecule has 0 fully saturated rings. The fraction of sp³-hybridized carbons (Fsp3) is 0.438. The van der Waals surface area contributed by atoms with Crippen LogP contribution in [0, 0.1) is 6.92 Å². The zero-order chi connectivity index (χ0) is 17.5. The van der Waals surface area contributed by atoms with Gasteiger partial charge in [0, 0.05) is 12.0 Å². The lowest BCUT2D eigenvalue weighted by atomic mass is 9.96. The number of alkyl halides is 3. The molecule has 0 spiro atoms. The van der Waals surface area contributed by atoms with Gasteiger partial charge in [-0.3, -0.25) is 0 Å². The maximum Gasteiger partial charge on any atom is 0.410 e. The minimum Gasteiger partial charge on any atom is -0.493 e. The number of aromatic nitrogens is 2. The SMILES string of the molecule is COc1ccc(C2CC(C(F)(F)F)n3ncc(C)c3N2)cc1OC. The van der Waals surface area contributed by atoms with Crippen molar-refractivity contribution in [3.05, 3.63) is 35.5 Å².